The summed E-state index contributed by atoms with van der Waals surface area (Å²) in [6.45, 7) is 9.22. The van der Waals surface area contributed by atoms with E-state index in [1.165, 1.54) is 24.3 Å². The third-order valence-electron chi connectivity index (χ3n) is 18.3. The van der Waals surface area contributed by atoms with Gasteiger partial charge in [0.15, 0.2) is 0 Å². The van der Waals surface area contributed by atoms with Crippen molar-refractivity contribution >= 4 is 33.5 Å². The molecule has 0 bridgehead atoms. The van der Waals surface area contributed by atoms with E-state index in [0.717, 1.165) is 124 Å². The van der Waals surface area contributed by atoms with E-state index in [1.54, 1.807) is 12.1 Å². The lowest BCUT2D eigenvalue weighted by Gasteiger charge is -2.60. The average molecular weight is 931 g/mol. The molecule has 7 aromatic rings. The van der Waals surface area contributed by atoms with Crippen LogP contribution in [0, 0.1) is 10.8 Å². The van der Waals surface area contributed by atoms with Gasteiger partial charge in [-0.05, 0) is 168 Å². The van der Waals surface area contributed by atoms with E-state index in [-0.39, 0.29) is 10.8 Å². The standard InChI is InChI=1S/C61H56F6N2/c1-55-29-13-15-31-57(55,3)68(51-27-23-43(60(62,63)64)33-39(51)37-55)45-25-26-48-49(35-45)59(41-17-7-5-8-18-41,42-19-9-6-10-20-42)50-36-53(46-21-11-12-22-47(46)54(48)50)69-52-28-24-44(61(65,66)67)34-40(52)38-56(2)30-14-16-32-58(56,69)4/h5-12,17-28,33-36H,13-16,29-32,37-38H2,1-4H3. The van der Waals surface area contributed by atoms with Crippen LogP contribution in [0.1, 0.15) is 124 Å². The summed E-state index contributed by atoms with van der Waals surface area (Å²) in [7, 11) is 0. The molecule has 5 aliphatic rings. The van der Waals surface area contributed by atoms with Crippen LogP contribution in [0.5, 0.6) is 0 Å². The van der Waals surface area contributed by atoms with E-state index < -0.39 is 40.0 Å². The normalized spacial score (nSPS) is 25.8. The lowest BCUT2D eigenvalue weighted by atomic mass is 9.57. The molecule has 0 N–H and O–H groups in total. The van der Waals surface area contributed by atoms with Gasteiger partial charge >= 0.3 is 12.4 Å². The molecule has 3 aliphatic carbocycles. The summed E-state index contributed by atoms with van der Waals surface area (Å²) in [5.74, 6) is 0. The first kappa shape index (κ1) is 44.2. The molecule has 352 valence electrons. The van der Waals surface area contributed by atoms with Crippen molar-refractivity contribution in [3.63, 3.8) is 0 Å². The molecule has 2 heterocycles. The molecule has 4 atom stereocenters. The van der Waals surface area contributed by atoms with Crippen LogP contribution < -0.4 is 9.80 Å². The number of fused-ring (bicyclic) bond motifs is 9. The molecule has 0 amide bonds. The first-order valence-electron chi connectivity index (χ1n) is 24.7. The summed E-state index contributed by atoms with van der Waals surface area (Å²) in [5.41, 5.74) is 7.92. The summed E-state index contributed by atoms with van der Waals surface area (Å²) in [5, 5.41) is 2.09. The van der Waals surface area contributed by atoms with Crippen LogP contribution >= 0.6 is 0 Å². The van der Waals surface area contributed by atoms with Crippen LogP contribution in [-0.2, 0) is 30.6 Å². The molecule has 2 fully saturated rings. The average Bonchev–Trinajstić information content (AvgIpc) is 3.62. The van der Waals surface area contributed by atoms with E-state index in [4.69, 9.17) is 0 Å². The van der Waals surface area contributed by atoms with Crippen molar-refractivity contribution in [1.29, 1.82) is 0 Å². The third-order valence-corrected chi connectivity index (χ3v) is 18.3. The highest BCUT2D eigenvalue weighted by atomic mass is 19.4. The van der Waals surface area contributed by atoms with Gasteiger partial charge in [0, 0.05) is 39.2 Å². The second-order valence-electron chi connectivity index (χ2n) is 21.9. The van der Waals surface area contributed by atoms with Crippen LogP contribution in [0.2, 0.25) is 0 Å². The summed E-state index contributed by atoms with van der Waals surface area (Å²) in [4.78, 5) is 4.83. The Kier molecular flexibility index (Phi) is 9.61. The second-order valence-corrected chi connectivity index (χ2v) is 21.9. The number of benzene rings is 7. The first-order chi connectivity index (χ1) is 32.9. The molecule has 0 aromatic heterocycles. The molecule has 2 aliphatic heterocycles. The molecule has 4 unspecified atom stereocenters. The summed E-state index contributed by atoms with van der Waals surface area (Å²) >= 11 is 0. The summed E-state index contributed by atoms with van der Waals surface area (Å²) < 4.78 is 86.8. The minimum Gasteiger partial charge on any atom is -0.335 e. The van der Waals surface area contributed by atoms with Crippen molar-refractivity contribution in [2.75, 3.05) is 9.80 Å². The van der Waals surface area contributed by atoms with E-state index in [0.29, 0.717) is 18.4 Å². The van der Waals surface area contributed by atoms with Crippen molar-refractivity contribution in [2.24, 2.45) is 10.8 Å². The number of alkyl halides is 6. The lowest BCUT2D eigenvalue weighted by molar-refractivity contribution is -0.138. The Morgan fingerprint density at radius 2 is 0.913 bits per heavy atom. The van der Waals surface area contributed by atoms with Crippen molar-refractivity contribution in [3.05, 3.63) is 190 Å². The Labute approximate surface area is 401 Å². The van der Waals surface area contributed by atoms with Gasteiger partial charge in [0.1, 0.15) is 0 Å². The maximum atomic E-state index is 14.5. The third kappa shape index (κ3) is 6.18. The highest BCUT2D eigenvalue weighted by Crippen LogP contribution is 2.65. The maximum absolute atomic E-state index is 14.5. The number of halogens is 6. The smallest absolute Gasteiger partial charge is 0.335 e. The second kappa shape index (κ2) is 15.0. The van der Waals surface area contributed by atoms with E-state index in [9.17, 15) is 26.3 Å². The van der Waals surface area contributed by atoms with Crippen LogP contribution in [0.3, 0.4) is 0 Å². The van der Waals surface area contributed by atoms with Gasteiger partial charge in [-0.25, -0.2) is 0 Å². The van der Waals surface area contributed by atoms with Gasteiger partial charge in [-0.15, -0.1) is 0 Å². The number of rotatable bonds is 4. The van der Waals surface area contributed by atoms with Gasteiger partial charge < -0.3 is 9.80 Å². The van der Waals surface area contributed by atoms with Gasteiger partial charge in [0.25, 0.3) is 0 Å². The molecule has 2 saturated carbocycles. The molecule has 69 heavy (non-hydrogen) atoms. The van der Waals surface area contributed by atoms with Gasteiger partial charge in [-0.3, -0.25) is 0 Å². The van der Waals surface area contributed by atoms with Crippen LogP contribution in [0.15, 0.2) is 146 Å². The van der Waals surface area contributed by atoms with Gasteiger partial charge in [-0.1, -0.05) is 131 Å². The molecular weight excluding hydrogens is 875 g/mol. The predicted molar refractivity (Wildman–Crippen MR) is 266 cm³/mol. The predicted octanol–water partition coefficient (Wildman–Crippen LogP) is 17.3. The number of hydrogen-bond donors (Lipinski definition) is 0. The van der Waals surface area contributed by atoms with Crippen molar-refractivity contribution in [2.45, 2.75) is 121 Å². The van der Waals surface area contributed by atoms with Crippen LogP contribution in [0.25, 0.3) is 21.9 Å². The molecule has 0 radical (unpaired) electrons. The number of anilines is 4. The molecular formula is C61H56F6N2. The fourth-order valence-corrected chi connectivity index (χ4v) is 14.5. The van der Waals surface area contributed by atoms with Gasteiger partial charge in [-0.2, -0.15) is 26.3 Å². The topological polar surface area (TPSA) is 6.48 Å². The largest absolute Gasteiger partial charge is 0.416 e. The first-order valence-corrected chi connectivity index (χ1v) is 24.7. The SMILES string of the molecule is CC12CCCCC1(C)N(c1ccc3c(c1)C(c1ccccc1)(c1ccccc1)c1cc(N4c5ccc(C(F)(F)F)cc5CC5(C)CCCCC45C)c4ccccc4c1-3)c1ccc(C(F)(F)F)cc1C2. The Morgan fingerprint density at radius 3 is 1.45 bits per heavy atom. The van der Waals surface area contributed by atoms with Gasteiger partial charge in [0.2, 0.25) is 0 Å². The van der Waals surface area contributed by atoms with Crippen LogP contribution in [0.4, 0.5) is 49.1 Å². The molecule has 2 nitrogen and oxygen atoms in total. The molecule has 8 heteroatoms. The summed E-state index contributed by atoms with van der Waals surface area (Å²) in [6.07, 6.45) is -0.122. The monoisotopic (exact) mass is 930 g/mol. The Hall–Kier alpha value is -6.02. The fourth-order valence-electron chi connectivity index (χ4n) is 14.5. The number of nitrogens with zero attached hydrogens (tertiary/aromatic N) is 2. The summed E-state index contributed by atoms with van der Waals surface area (Å²) in [6, 6.07) is 47.6. The quantitative estimate of drug-likeness (QED) is 0.162. The zero-order valence-electron chi connectivity index (χ0n) is 39.6. The minimum atomic E-state index is -4.47. The molecule has 0 saturated heterocycles. The zero-order chi connectivity index (χ0) is 47.9. The maximum Gasteiger partial charge on any atom is 0.416 e. The fraction of sp³-hybridized carbons (Fsp3) is 0.344. The van der Waals surface area contributed by atoms with Crippen molar-refractivity contribution < 1.29 is 26.3 Å². The van der Waals surface area contributed by atoms with E-state index >= 15 is 0 Å². The highest BCUT2D eigenvalue weighted by molar-refractivity contribution is 6.10. The lowest BCUT2D eigenvalue weighted by Crippen LogP contribution is -2.60. The van der Waals surface area contributed by atoms with Crippen molar-refractivity contribution in [3.8, 4) is 11.1 Å². The molecule has 0 spiro atoms. The molecule has 7 aromatic carbocycles. The Balaban J connectivity index is 1.17. The van der Waals surface area contributed by atoms with E-state index in [2.05, 4.69) is 135 Å². The van der Waals surface area contributed by atoms with E-state index in [1.807, 2.05) is 12.1 Å². The highest BCUT2D eigenvalue weighted by Gasteiger charge is 2.57. The molecule has 12 rings (SSSR count). The Morgan fingerprint density at radius 1 is 0.435 bits per heavy atom. The Bertz CT molecular complexity index is 3150. The van der Waals surface area contributed by atoms with Gasteiger partial charge in [0.05, 0.1) is 16.5 Å². The number of hydrogen-bond acceptors (Lipinski definition) is 2. The minimum absolute atomic E-state index is 0.291. The van der Waals surface area contributed by atoms with Crippen molar-refractivity contribution in [1.82, 2.24) is 0 Å². The zero-order valence-corrected chi connectivity index (χ0v) is 39.6. The van der Waals surface area contributed by atoms with Crippen LogP contribution in [-0.4, -0.2) is 11.1 Å².